The molecule has 1 saturated heterocycles. The largest absolute Gasteiger partial charge is 0.478 e. The van der Waals surface area contributed by atoms with Gasteiger partial charge in [0, 0.05) is 48.7 Å². The number of aliphatic carboxylic acids is 4. The smallest absolute Gasteiger partial charge is 0.328 e. The Morgan fingerprint density at radius 1 is 0.905 bits per heavy atom. The third-order valence-electron chi connectivity index (χ3n) is 9.21. The van der Waals surface area contributed by atoms with E-state index in [2.05, 4.69) is 24.3 Å². The summed E-state index contributed by atoms with van der Waals surface area (Å²) in [5.41, 5.74) is 7.01. The van der Waals surface area contributed by atoms with E-state index in [9.17, 15) is 24.0 Å². The van der Waals surface area contributed by atoms with Gasteiger partial charge in [0.1, 0.15) is 12.4 Å². The van der Waals surface area contributed by atoms with Crippen LogP contribution >= 0.6 is 0 Å². The van der Waals surface area contributed by atoms with E-state index in [1.165, 1.54) is 25.0 Å². The normalized spacial score (nSPS) is 32.7. The van der Waals surface area contributed by atoms with Gasteiger partial charge in [-0.25, -0.2) is 19.2 Å². The lowest BCUT2D eigenvalue weighted by Crippen LogP contribution is -2.56. The second-order valence-corrected chi connectivity index (χ2v) is 11.6. The highest BCUT2D eigenvalue weighted by Gasteiger charge is 2.59. The number of carboxylic acid groups (broad SMARTS) is 4. The number of oxime groups is 1. The van der Waals surface area contributed by atoms with Crippen molar-refractivity contribution in [1.82, 2.24) is 5.32 Å². The highest BCUT2D eigenvalue weighted by molar-refractivity contribution is 5.90. The average Bonchev–Trinajstić information content (AvgIpc) is 3.14. The molecule has 7 N–H and O–H groups in total. The number of rotatable bonds is 7. The number of ketones is 1. The van der Waals surface area contributed by atoms with Gasteiger partial charge in [-0.05, 0) is 74.7 Å². The Morgan fingerprint density at radius 3 is 2.00 bits per heavy atom. The van der Waals surface area contributed by atoms with Crippen LogP contribution in [0.3, 0.4) is 0 Å². The van der Waals surface area contributed by atoms with Gasteiger partial charge in [-0.2, -0.15) is 0 Å². The molecule has 0 amide bonds. The van der Waals surface area contributed by atoms with Crippen LogP contribution in [0.25, 0.3) is 0 Å². The lowest BCUT2D eigenvalue weighted by Gasteiger charge is -2.54. The van der Waals surface area contributed by atoms with E-state index in [-0.39, 0.29) is 5.41 Å². The van der Waals surface area contributed by atoms with Crippen molar-refractivity contribution in [3.05, 3.63) is 24.3 Å². The first-order chi connectivity index (χ1) is 19.7. The summed E-state index contributed by atoms with van der Waals surface area (Å²) in [4.78, 5) is 56.1. The number of hydrogen-bond acceptors (Lipinski definition) is 9. The van der Waals surface area contributed by atoms with Crippen molar-refractivity contribution >= 4 is 35.4 Å². The van der Waals surface area contributed by atoms with Crippen molar-refractivity contribution in [3.63, 3.8) is 0 Å². The first-order valence-electron chi connectivity index (χ1n) is 14.2. The lowest BCUT2D eigenvalue weighted by molar-refractivity contribution is -0.134. The van der Waals surface area contributed by atoms with Gasteiger partial charge in [-0.1, -0.05) is 19.0 Å². The maximum absolute atomic E-state index is 12.6. The lowest BCUT2D eigenvalue weighted by atomic mass is 9.52. The van der Waals surface area contributed by atoms with Crippen molar-refractivity contribution in [2.45, 2.75) is 71.3 Å². The van der Waals surface area contributed by atoms with Gasteiger partial charge < -0.3 is 36.3 Å². The van der Waals surface area contributed by atoms with Crippen molar-refractivity contribution in [3.8, 4) is 0 Å². The molecule has 4 rings (SSSR count). The number of Topliss-reactive ketones (excluding diaryl/α,β-unsaturated/α-hetero) is 1. The number of carbonyl (C=O) groups is 5. The zero-order valence-corrected chi connectivity index (χ0v) is 24.2. The molecule has 13 nitrogen and oxygen atoms in total. The fraction of sp³-hybridized carbons (Fsp3) is 0.655. The molecule has 3 aliphatic carbocycles. The second kappa shape index (κ2) is 15.6. The van der Waals surface area contributed by atoms with Crippen LogP contribution in [0.15, 0.2) is 29.5 Å². The van der Waals surface area contributed by atoms with Gasteiger partial charge in [0.05, 0.1) is 5.71 Å². The van der Waals surface area contributed by atoms with Gasteiger partial charge >= 0.3 is 23.9 Å². The zero-order valence-electron chi connectivity index (χ0n) is 24.2. The Balaban J connectivity index is 0.000000319. The summed E-state index contributed by atoms with van der Waals surface area (Å²) in [5, 5.41) is 39.5. The molecule has 1 heterocycles. The second-order valence-electron chi connectivity index (χ2n) is 11.6. The van der Waals surface area contributed by atoms with Crippen molar-refractivity contribution in [2.24, 2.45) is 39.5 Å². The van der Waals surface area contributed by atoms with Gasteiger partial charge in [0.2, 0.25) is 0 Å². The summed E-state index contributed by atoms with van der Waals surface area (Å²) < 4.78 is 0. The van der Waals surface area contributed by atoms with Crippen LogP contribution in [0.2, 0.25) is 0 Å². The average molecular weight is 594 g/mol. The summed E-state index contributed by atoms with van der Waals surface area (Å²) in [6.07, 6.45) is 10.9. The summed E-state index contributed by atoms with van der Waals surface area (Å²) in [5.74, 6) is -2.62. The number of nitrogens with one attached hydrogen (secondary N) is 1. The van der Waals surface area contributed by atoms with Crippen molar-refractivity contribution in [1.29, 1.82) is 0 Å². The van der Waals surface area contributed by atoms with Gasteiger partial charge in [-0.3, -0.25) is 4.79 Å². The monoisotopic (exact) mass is 593 g/mol. The minimum atomic E-state index is -1.26. The van der Waals surface area contributed by atoms with Crippen LogP contribution < -0.4 is 11.1 Å². The first kappa shape index (κ1) is 34.6. The predicted molar refractivity (Wildman–Crippen MR) is 152 cm³/mol. The van der Waals surface area contributed by atoms with Crippen LogP contribution in [-0.4, -0.2) is 81.5 Å². The standard InChI is InChI=1S/C21H35N3O2.2C4H4O4/c1-20-8-5-15(24-26-12-10-22)13-14(20)7-11-23-19-16-3-4-18(25)21(16,2)9-6-17(19)20;2*5-3(6)1-2-4(7)8/h14,16-17,19,23H,3-13,22H2,1-2H3;2*1-2H,(H,5,6)(H,7,8)/b24-15-;2*2-1+/t14?,16-,17-,19-,20-,21-;;/m0../s1. The highest BCUT2D eigenvalue weighted by atomic mass is 16.6. The van der Waals surface area contributed by atoms with E-state index in [4.69, 9.17) is 31.0 Å². The van der Waals surface area contributed by atoms with Gasteiger partial charge in [0.25, 0.3) is 0 Å². The molecule has 42 heavy (non-hydrogen) atoms. The number of nitrogens with two attached hydrogens (primary N) is 1. The Labute approximate surface area is 244 Å². The fourth-order valence-electron chi connectivity index (χ4n) is 7.08. The van der Waals surface area contributed by atoms with Crippen LogP contribution in [0.4, 0.5) is 0 Å². The maximum Gasteiger partial charge on any atom is 0.328 e. The quantitative estimate of drug-likeness (QED) is 0.142. The van der Waals surface area contributed by atoms with Crippen LogP contribution in [-0.2, 0) is 28.8 Å². The molecule has 4 fully saturated rings. The van der Waals surface area contributed by atoms with Crippen molar-refractivity contribution < 1.29 is 49.2 Å². The van der Waals surface area contributed by atoms with E-state index in [0.717, 1.165) is 38.6 Å². The zero-order chi connectivity index (χ0) is 31.5. The molecule has 0 spiro atoms. The van der Waals surface area contributed by atoms with Crippen LogP contribution in [0.1, 0.15) is 65.2 Å². The molecule has 0 bridgehead atoms. The molecule has 0 aromatic rings. The Hall–Kier alpha value is -3.58. The Bertz CT molecular complexity index is 1040. The number of carboxylic acids is 4. The Morgan fingerprint density at radius 2 is 1.48 bits per heavy atom. The molecule has 4 aliphatic rings. The van der Waals surface area contributed by atoms with E-state index in [0.29, 0.717) is 72.4 Å². The molecular weight excluding hydrogens is 550 g/mol. The van der Waals surface area contributed by atoms with Crippen LogP contribution in [0, 0.1) is 28.6 Å². The third kappa shape index (κ3) is 9.21. The first-order valence-corrected chi connectivity index (χ1v) is 14.2. The van der Waals surface area contributed by atoms with E-state index in [1.54, 1.807) is 0 Å². The molecule has 0 aromatic carbocycles. The molecule has 0 radical (unpaired) electrons. The van der Waals surface area contributed by atoms with E-state index < -0.39 is 23.9 Å². The van der Waals surface area contributed by atoms with E-state index >= 15 is 0 Å². The minimum absolute atomic E-state index is 0.0677. The molecule has 3 saturated carbocycles. The SMILES string of the molecule is C[C@]12CC/C(=N/OCCN)CC1CCN[C@@H]1[C@@H]2CC[C@]2(C)C(=O)CC[C@@H]12.O=C(O)/C=C/C(=O)O.O=C(O)/C=C/C(=O)O. The number of hydrogen-bond donors (Lipinski definition) is 6. The molecule has 0 aromatic heterocycles. The summed E-state index contributed by atoms with van der Waals surface area (Å²) in [6.45, 7) is 6.87. The third-order valence-corrected chi connectivity index (χ3v) is 9.21. The summed E-state index contributed by atoms with van der Waals surface area (Å²) in [6, 6.07) is 0.516. The molecular formula is C29H43N3O10. The van der Waals surface area contributed by atoms with Crippen LogP contribution in [0.5, 0.6) is 0 Å². The molecule has 1 aliphatic heterocycles. The molecule has 1 unspecified atom stereocenters. The Kier molecular flexibility index (Phi) is 12.9. The molecule has 6 atom stereocenters. The summed E-state index contributed by atoms with van der Waals surface area (Å²) in [7, 11) is 0. The van der Waals surface area contributed by atoms with Crippen molar-refractivity contribution in [2.75, 3.05) is 19.7 Å². The molecule has 234 valence electrons. The maximum atomic E-state index is 12.6. The highest BCUT2D eigenvalue weighted by Crippen LogP contribution is 2.59. The topological polar surface area (TPSA) is 226 Å². The predicted octanol–water partition coefficient (Wildman–Crippen LogP) is 2.31. The fourth-order valence-corrected chi connectivity index (χ4v) is 7.08. The molecule has 13 heteroatoms. The van der Waals surface area contributed by atoms with E-state index in [1.807, 2.05) is 0 Å². The number of fused-ring (bicyclic) bond motifs is 5. The van der Waals surface area contributed by atoms with Gasteiger partial charge in [-0.15, -0.1) is 0 Å². The number of nitrogens with zero attached hydrogens (tertiary/aromatic N) is 1. The summed E-state index contributed by atoms with van der Waals surface area (Å²) >= 11 is 0. The van der Waals surface area contributed by atoms with Gasteiger partial charge in [0.15, 0.2) is 0 Å². The minimum Gasteiger partial charge on any atom is -0.478 e. The number of carbonyl (C=O) groups excluding carboxylic acids is 1.